The second-order valence-corrected chi connectivity index (χ2v) is 5.55. The van der Waals surface area contributed by atoms with E-state index in [2.05, 4.69) is 10.1 Å². The molecule has 0 spiro atoms. The summed E-state index contributed by atoms with van der Waals surface area (Å²) in [5.41, 5.74) is -0.258. The molecule has 0 aliphatic heterocycles. The van der Waals surface area contributed by atoms with Gasteiger partial charge in [0, 0.05) is 17.2 Å². The molecule has 0 atom stereocenters. The zero-order valence-electron chi connectivity index (χ0n) is 14.1. The molecule has 3 aromatic rings. The fourth-order valence-electron chi connectivity index (χ4n) is 2.19. The molecule has 1 heterocycles. The quantitative estimate of drug-likeness (QED) is 0.359. The lowest BCUT2D eigenvalue weighted by Crippen LogP contribution is -2.04. The number of rotatable bonds is 5. The maximum absolute atomic E-state index is 13.4. The highest BCUT2D eigenvalue weighted by atomic mass is 19.4. The molecule has 0 aliphatic rings. The monoisotopic (exact) mass is 392 g/mol. The van der Waals surface area contributed by atoms with Crippen molar-refractivity contribution in [1.29, 1.82) is 0 Å². The zero-order chi connectivity index (χ0) is 20.1. The van der Waals surface area contributed by atoms with Crippen molar-refractivity contribution >= 4 is 12.0 Å². The summed E-state index contributed by atoms with van der Waals surface area (Å²) in [5.74, 6) is -1.22. The van der Waals surface area contributed by atoms with Crippen LogP contribution in [-0.2, 0) is 22.3 Å². The normalized spacial score (nSPS) is 11.7. The van der Waals surface area contributed by atoms with Gasteiger partial charge < -0.3 is 9.26 Å². The topological polar surface area (TPSA) is 65.2 Å². The van der Waals surface area contributed by atoms with Gasteiger partial charge >= 0.3 is 12.1 Å². The molecule has 0 unspecified atom stereocenters. The Hall–Kier alpha value is -3.49. The van der Waals surface area contributed by atoms with Crippen molar-refractivity contribution in [2.45, 2.75) is 12.8 Å². The van der Waals surface area contributed by atoms with Gasteiger partial charge in [-0.05, 0) is 24.3 Å². The molecule has 28 heavy (non-hydrogen) atoms. The molecule has 0 saturated carbocycles. The van der Waals surface area contributed by atoms with Crippen LogP contribution >= 0.6 is 0 Å². The highest BCUT2D eigenvalue weighted by molar-refractivity contribution is 5.87. The Bertz CT molecular complexity index is 995. The molecule has 0 fully saturated rings. The van der Waals surface area contributed by atoms with Gasteiger partial charge in [-0.3, -0.25) is 0 Å². The Labute approximate surface area is 156 Å². The number of hydrogen-bond donors (Lipinski definition) is 0. The highest BCUT2D eigenvalue weighted by Gasteiger charge is 2.30. The summed E-state index contributed by atoms with van der Waals surface area (Å²) in [4.78, 5) is 15.6. The fourth-order valence-corrected chi connectivity index (χ4v) is 2.19. The molecule has 0 N–H and O–H groups in total. The Balaban J connectivity index is 1.59. The lowest BCUT2D eigenvalue weighted by molar-refractivity contribution is -0.140. The number of carbonyl (C=O) groups is 1. The molecular weight excluding hydrogens is 380 g/mol. The highest BCUT2D eigenvalue weighted by Crippen LogP contribution is 2.30. The van der Waals surface area contributed by atoms with Gasteiger partial charge in [-0.25, -0.2) is 9.18 Å². The number of esters is 1. The third kappa shape index (κ3) is 4.81. The molecule has 0 bridgehead atoms. The van der Waals surface area contributed by atoms with Crippen LogP contribution in [0, 0.1) is 5.82 Å². The van der Waals surface area contributed by atoms with Crippen LogP contribution in [0.4, 0.5) is 17.6 Å². The Morgan fingerprint density at radius 1 is 1.11 bits per heavy atom. The van der Waals surface area contributed by atoms with E-state index < -0.39 is 23.5 Å². The largest absolute Gasteiger partial charge is 0.452 e. The van der Waals surface area contributed by atoms with Gasteiger partial charge in [-0.15, -0.1) is 0 Å². The van der Waals surface area contributed by atoms with Gasteiger partial charge in [0.05, 0.1) is 5.56 Å². The molecule has 1 aromatic heterocycles. The van der Waals surface area contributed by atoms with Crippen molar-refractivity contribution in [3.05, 3.63) is 77.4 Å². The third-order valence-corrected chi connectivity index (χ3v) is 3.58. The SMILES string of the molecule is O=C(/C=C/c1ccccc1F)OCc1nc(-c2ccc(C(F)(F)F)cc2)no1. The van der Waals surface area contributed by atoms with Crippen LogP contribution in [0.5, 0.6) is 0 Å². The van der Waals surface area contributed by atoms with Gasteiger partial charge in [-0.1, -0.05) is 35.5 Å². The number of alkyl halides is 3. The summed E-state index contributed by atoms with van der Waals surface area (Å²) in [5, 5.41) is 3.64. The van der Waals surface area contributed by atoms with Crippen LogP contribution in [0.1, 0.15) is 17.0 Å². The molecule has 0 amide bonds. The minimum Gasteiger partial charge on any atom is -0.452 e. The first-order chi connectivity index (χ1) is 13.3. The second kappa shape index (κ2) is 8.03. The summed E-state index contributed by atoms with van der Waals surface area (Å²) in [6, 6.07) is 10.1. The van der Waals surface area contributed by atoms with E-state index in [1.807, 2.05) is 0 Å². The predicted octanol–water partition coefficient (Wildman–Crippen LogP) is 4.65. The minimum atomic E-state index is -4.44. The Morgan fingerprint density at radius 2 is 1.82 bits per heavy atom. The van der Waals surface area contributed by atoms with Gasteiger partial charge in [0.1, 0.15) is 5.82 Å². The summed E-state index contributed by atoms with van der Waals surface area (Å²) >= 11 is 0. The van der Waals surface area contributed by atoms with Gasteiger partial charge in [0.15, 0.2) is 6.61 Å². The molecular formula is C19H12F4N2O3. The first kappa shape index (κ1) is 19.3. The predicted molar refractivity (Wildman–Crippen MR) is 90.0 cm³/mol. The molecule has 3 rings (SSSR count). The van der Waals surface area contributed by atoms with E-state index in [0.29, 0.717) is 5.56 Å². The van der Waals surface area contributed by atoms with Crippen molar-refractivity contribution in [1.82, 2.24) is 10.1 Å². The lowest BCUT2D eigenvalue weighted by atomic mass is 10.1. The van der Waals surface area contributed by atoms with Crippen LogP contribution in [0.25, 0.3) is 17.5 Å². The van der Waals surface area contributed by atoms with E-state index >= 15 is 0 Å². The van der Waals surface area contributed by atoms with Gasteiger partial charge in [0.25, 0.3) is 5.89 Å². The number of benzene rings is 2. The van der Waals surface area contributed by atoms with Crippen LogP contribution < -0.4 is 0 Å². The maximum Gasteiger partial charge on any atom is 0.416 e. The Morgan fingerprint density at radius 3 is 2.50 bits per heavy atom. The summed E-state index contributed by atoms with van der Waals surface area (Å²) in [6.07, 6.45) is -2.13. The number of halogens is 4. The molecule has 144 valence electrons. The van der Waals surface area contributed by atoms with Crippen LogP contribution in [0.3, 0.4) is 0 Å². The van der Waals surface area contributed by atoms with Crippen molar-refractivity contribution in [3.63, 3.8) is 0 Å². The first-order valence-corrected chi connectivity index (χ1v) is 7.92. The van der Waals surface area contributed by atoms with E-state index in [9.17, 15) is 22.4 Å². The first-order valence-electron chi connectivity index (χ1n) is 7.92. The smallest absolute Gasteiger partial charge is 0.416 e. The Kier molecular flexibility index (Phi) is 5.53. The van der Waals surface area contributed by atoms with Crippen molar-refractivity contribution in [2.75, 3.05) is 0 Å². The number of hydrogen-bond acceptors (Lipinski definition) is 5. The minimum absolute atomic E-state index is 0.0393. The average molecular weight is 392 g/mol. The maximum atomic E-state index is 13.4. The van der Waals surface area contributed by atoms with E-state index in [0.717, 1.165) is 18.2 Å². The summed E-state index contributed by atoms with van der Waals surface area (Å²) in [6.45, 7) is -0.339. The van der Waals surface area contributed by atoms with Crippen molar-refractivity contribution < 1.29 is 31.6 Å². The van der Waals surface area contributed by atoms with Crippen molar-refractivity contribution in [3.8, 4) is 11.4 Å². The fraction of sp³-hybridized carbons (Fsp3) is 0.105. The summed E-state index contributed by atoms with van der Waals surface area (Å²) in [7, 11) is 0. The molecule has 0 aliphatic carbocycles. The van der Waals surface area contributed by atoms with E-state index in [-0.39, 0.29) is 23.9 Å². The molecule has 2 aromatic carbocycles. The van der Waals surface area contributed by atoms with Gasteiger partial charge in [-0.2, -0.15) is 18.2 Å². The van der Waals surface area contributed by atoms with E-state index in [1.165, 1.54) is 36.4 Å². The van der Waals surface area contributed by atoms with Crippen LogP contribution in [0.15, 0.2) is 59.1 Å². The standard InChI is InChI=1S/C19H12F4N2O3/c20-15-4-2-1-3-12(15)7-10-17(26)27-11-16-24-18(25-28-16)13-5-8-14(9-6-13)19(21,22)23/h1-10H,11H2/b10-7+. The number of carbonyl (C=O) groups excluding carboxylic acids is 1. The molecule has 0 saturated heterocycles. The molecule has 9 heteroatoms. The second-order valence-electron chi connectivity index (χ2n) is 5.55. The van der Waals surface area contributed by atoms with E-state index in [4.69, 9.17) is 9.26 Å². The number of aromatic nitrogens is 2. The van der Waals surface area contributed by atoms with E-state index in [1.54, 1.807) is 6.07 Å². The lowest BCUT2D eigenvalue weighted by Gasteiger charge is -2.05. The molecule has 0 radical (unpaired) electrons. The number of ether oxygens (including phenoxy) is 1. The van der Waals surface area contributed by atoms with Crippen LogP contribution in [-0.4, -0.2) is 16.1 Å². The van der Waals surface area contributed by atoms with Crippen molar-refractivity contribution in [2.24, 2.45) is 0 Å². The third-order valence-electron chi connectivity index (χ3n) is 3.58. The summed E-state index contributed by atoms with van der Waals surface area (Å²) < 4.78 is 61.0. The van der Waals surface area contributed by atoms with Gasteiger partial charge in [0.2, 0.25) is 5.82 Å². The molecule has 5 nitrogen and oxygen atoms in total. The number of nitrogens with zero attached hydrogens (tertiary/aromatic N) is 2. The zero-order valence-corrected chi connectivity index (χ0v) is 14.1. The average Bonchev–Trinajstić information content (AvgIpc) is 3.14. The van der Waals surface area contributed by atoms with Crippen LogP contribution in [0.2, 0.25) is 0 Å².